The van der Waals surface area contributed by atoms with Gasteiger partial charge in [-0.05, 0) is 121 Å². The molecule has 5 amide bonds. The summed E-state index contributed by atoms with van der Waals surface area (Å²) >= 11 is 10.1. The number of ketones is 2. The van der Waals surface area contributed by atoms with Crippen molar-refractivity contribution in [3.05, 3.63) is 93.6 Å². The molecule has 4 bridgehead atoms. The maximum atomic E-state index is 14.5. The summed E-state index contributed by atoms with van der Waals surface area (Å²) in [4.78, 5) is 124. The van der Waals surface area contributed by atoms with Crippen molar-refractivity contribution in [3.63, 3.8) is 0 Å². The number of aliphatic hydroxyl groups is 1. The van der Waals surface area contributed by atoms with E-state index in [2.05, 4.69) is 33.1 Å². The Hall–Kier alpha value is -6.31. The molecular formula is C66H91BrClN5O17S. The number of urea groups is 1. The number of nitrogens with zero attached hydrogens (tertiary/aromatic N) is 2. The molecule has 2 aromatic rings. The number of ether oxygens (including phenoxy) is 5. The first-order valence-electron chi connectivity index (χ1n) is 30.5. The number of hydrogen-bond donors (Lipinski definition) is 4. The number of carbonyl (C=O) groups is 9. The second kappa shape index (κ2) is 32.0. The number of allylic oxidation sites excluding steroid dienone is 3. The summed E-state index contributed by atoms with van der Waals surface area (Å²) in [5.74, 6) is -6.71. The average Bonchev–Trinajstić information content (AvgIpc) is 1.58. The van der Waals surface area contributed by atoms with Gasteiger partial charge in [-0.2, -0.15) is 0 Å². The van der Waals surface area contributed by atoms with E-state index in [4.69, 9.17) is 41.0 Å². The van der Waals surface area contributed by atoms with Gasteiger partial charge in [0.25, 0.3) is 5.91 Å². The lowest BCUT2D eigenvalue weighted by atomic mass is 9.78. The molecule has 25 heteroatoms. The standard InChI is InChI=1S/C66H91BrClN5O17S/c1-37(2)47(32-46(74)20-15-16-25-64(8,9)90-61(80)40(5)36-67)59(78)71-48(21-18-26-70-63(69)82)50(75)30-44-23-24-45(31-52(44)91(14,84)85)60(79)72(11)42(7)62(81)88-54-33-55(76)73(12)49-29-43(28-39(4)57(49)68)27-38(3)19-17-22-53(86-13)66(83)34-51(87-56(77)35-66)41(6)58-65(54,10)89-58/h17,19,22-24,28-29,31,37,41-42,47-48,51,53-54,58,83H,5,15-16,18,20-21,25-27,30,32-36H2,1-4,6-14H3,(H,71,78)(H3,69,70,82)/b22-17+,38-19+/t41-,42+,47+,48+,51+,53-,54+,58+,65+,66-/m1/s1. The van der Waals surface area contributed by atoms with Crippen molar-refractivity contribution in [2.45, 2.75) is 198 Å². The Morgan fingerprint density at radius 1 is 1.05 bits per heavy atom. The number of likely N-dealkylation sites (N-methyl/N-ethyl adjacent to an activating group) is 1. The fourth-order valence-electron chi connectivity index (χ4n) is 11.6. The summed E-state index contributed by atoms with van der Waals surface area (Å²) in [5, 5.41) is 17.9. The first-order valence-corrected chi connectivity index (χ1v) is 33.9. The van der Waals surface area contributed by atoms with E-state index in [1.807, 2.05) is 26.0 Å². The number of hydrogen-bond acceptors (Lipinski definition) is 17. The molecule has 3 aliphatic rings. The Bertz CT molecular complexity index is 3280. The van der Waals surface area contributed by atoms with E-state index in [9.17, 15) is 56.7 Å². The van der Waals surface area contributed by atoms with Gasteiger partial charge >= 0.3 is 23.9 Å². The van der Waals surface area contributed by atoms with Crippen LogP contribution in [0.2, 0.25) is 5.02 Å². The zero-order valence-corrected chi connectivity index (χ0v) is 57.7. The quantitative estimate of drug-likeness (QED) is 0.0174. The molecule has 0 aromatic heterocycles. The molecule has 2 fully saturated rings. The number of rotatable bonds is 26. The summed E-state index contributed by atoms with van der Waals surface area (Å²) in [7, 11) is 0.0883. The molecule has 2 saturated heterocycles. The number of alkyl halides is 1. The lowest BCUT2D eigenvalue weighted by Gasteiger charge is -2.41. The average molecular weight is 1370 g/mol. The van der Waals surface area contributed by atoms with Crippen LogP contribution in [0, 0.1) is 24.7 Å². The van der Waals surface area contributed by atoms with E-state index in [-0.39, 0.29) is 83.7 Å². The minimum absolute atomic E-state index is 0.00828. The van der Waals surface area contributed by atoms with E-state index in [0.717, 1.165) is 28.4 Å². The highest BCUT2D eigenvalue weighted by Gasteiger charge is 2.64. The Morgan fingerprint density at radius 2 is 1.74 bits per heavy atom. The Kier molecular flexibility index (Phi) is 26.5. The van der Waals surface area contributed by atoms with Crippen molar-refractivity contribution in [3.8, 4) is 0 Å². The van der Waals surface area contributed by atoms with Crippen molar-refractivity contribution >= 4 is 96.3 Å². The molecule has 0 radical (unpaired) electrons. The second-order valence-electron chi connectivity index (χ2n) is 25.7. The molecule has 0 saturated carbocycles. The van der Waals surface area contributed by atoms with E-state index >= 15 is 0 Å². The Labute approximate surface area is 548 Å². The number of sulfone groups is 1. The van der Waals surface area contributed by atoms with Gasteiger partial charge in [0, 0.05) is 88.0 Å². The first kappa shape index (κ1) is 75.4. The lowest BCUT2D eigenvalue weighted by Crippen LogP contribution is -2.53. The number of carbonyl (C=O) groups excluding carboxylic acids is 9. The monoisotopic (exact) mass is 1370 g/mol. The predicted octanol–water partition coefficient (Wildman–Crippen LogP) is 7.89. The molecule has 2 aromatic carbocycles. The fourth-order valence-corrected chi connectivity index (χ4v) is 13.0. The number of nitrogens with one attached hydrogen (secondary N) is 2. The third-order valence-electron chi connectivity index (χ3n) is 17.3. The number of unbranched alkanes of at least 4 members (excludes halogenated alkanes) is 1. The minimum atomic E-state index is -4.19. The molecule has 91 heavy (non-hydrogen) atoms. The number of methoxy groups -OCH3 is 1. The smallest absolute Gasteiger partial charge is 0.334 e. The van der Waals surface area contributed by atoms with Crippen LogP contribution in [0.5, 0.6) is 0 Å². The van der Waals surface area contributed by atoms with Crippen LogP contribution in [0.25, 0.3) is 0 Å². The Morgan fingerprint density at radius 3 is 2.36 bits per heavy atom. The van der Waals surface area contributed by atoms with E-state index in [1.165, 1.54) is 38.1 Å². The minimum Gasteiger partial charge on any atom is -0.462 e. The highest BCUT2D eigenvalue weighted by Crippen LogP contribution is 2.50. The molecular weight excluding hydrogens is 1280 g/mol. The van der Waals surface area contributed by atoms with Gasteiger partial charge in [-0.15, -0.1) is 0 Å². The maximum absolute atomic E-state index is 14.5. The SMILES string of the molecule is C=C(CBr)C(=O)OC(C)(C)CCCCC(=O)C[C@H](C(=O)N[C@@H](CCCNC(N)=O)C(=O)Cc1ccc(C(=O)N(C)[C@@H](C)C(=O)O[C@H]2CC(=O)N(C)c3cc(cc(C)c3Cl)C/C(C)=C/C=C/[C@@H](OC)[C@]3(O)CC(=O)O[C@@H](C3)[C@@H](C)[C@@H]3O[C@@]23C)cc1S(C)(=O)=O)C(C)C. The molecule has 10 atom stereocenters. The summed E-state index contributed by atoms with van der Waals surface area (Å²) < 4.78 is 56.9. The van der Waals surface area contributed by atoms with Crippen LogP contribution in [0.4, 0.5) is 10.5 Å². The van der Waals surface area contributed by atoms with Gasteiger partial charge in [-0.3, -0.25) is 28.8 Å². The maximum Gasteiger partial charge on any atom is 0.334 e. The highest BCUT2D eigenvalue weighted by atomic mass is 79.9. The van der Waals surface area contributed by atoms with Gasteiger partial charge in [-0.1, -0.05) is 90.8 Å². The Balaban J connectivity index is 1.37. The molecule has 0 spiro atoms. The summed E-state index contributed by atoms with van der Waals surface area (Å²) in [6.07, 6.45) is 2.98. The molecule has 502 valence electrons. The summed E-state index contributed by atoms with van der Waals surface area (Å²) in [5.41, 5.74) is 4.33. The van der Waals surface area contributed by atoms with Crippen molar-refractivity contribution in [1.29, 1.82) is 0 Å². The number of epoxide rings is 1. The second-order valence-corrected chi connectivity index (χ2v) is 28.6. The van der Waals surface area contributed by atoms with Crippen molar-refractivity contribution in [1.82, 2.24) is 15.5 Å². The number of Topliss-reactive ketones (excluding diaryl/α,β-unsaturated/α-hetero) is 2. The van der Waals surface area contributed by atoms with Crippen LogP contribution < -0.4 is 21.3 Å². The number of fused-ring (bicyclic) bond motifs is 5. The van der Waals surface area contributed by atoms with Crippen LogP contribution in [-0.2, 0) is 79.9 Å². The van der Waals surface area contributed by atoms with Crippen molar-refractivity contribution in [2.75, 3.05) is 44.2 Å². The molecule has 0 unspecified atom stereocenters. The van der Waals surface area contributed by atoms with E-state index in [0.29, 0.717) is 42.0 Å². The lowest BCUT2D eigenvalue weighted by molar-refractivity contribution is -0.187. The molecule has 22 nitrogen and oxygen atoms in total. The van der Waals surface area contributed by atoms with Gasteiger partial charge in [-0.25, -0.2) is 22.8 Å². The number of nitrogens with two attached hydrogens (primary N) is 1. The van der Waals surface area contributed by atoms with Crippen LogP contribution in [0.15, 0.2) is 71.2 Å². The van der Waals surface area contributed by atoms with Crippen LogP contribution in [0.3, 0.4) is 0 Å². The van der Waals surface area contributed by atoms with Crippen molar-refractivity contribution < 1.29 is 80.4 Å². The van der Waals surface area contributed by atoms with Gasteiger partial charge in [0.1, 0.15) is 46.9 Å². The number of aryl methyl sites for hydroxylation is 1. The zero-order valence-electron chi connectivity index (χ0n) is 54.5. The van der Waals surface area contributed by atoms with Gasteiger partial charge < -0.3 is 55.0 Å². The van der Waals surface area contributed by atoms with Gasteiger partial charge in [0.2, 0.25) is 11.8 Å². The molecule has 3 aliphatic heterocycles. The topological polar surface area (TPSA) is 314 Å². The number of amides is 5. The van der Waals surface area contributed by atoms with E-state index in [1.54, 1.807) is 66.8 Å². The predicted molar refractivity (Wildman–Crippen MR) is 346 cm³/mol. The number of halogens is 2. The number of anilines is 1. The summed E-state index contributed by atoms with van der Waals surface area (Å²) in [6.45, 7) is 19.3. The number of benzene rings is 2. The highest BCUT2D eigenvalue weighted by molar-refractivity contribution is 9.09. The normalized spacial score (nSPS) is 24.0. The molecule has 3 heterocycles. The number of primary amides is 1. The third kappa shape index (κ3) is 20.3. The number of esters is 3. The van der Waals surface area contributed by atoms with Gasteiger partial charge in [0.05, 0.1) is 40.6 Å². The molecule has 5 N–H and O–H groups in total. The van der Waals surface area contributed by atoms with E-state index < -0.39 is 135 Å². The van der Waals surface area contributed by atoms with Crippen LogP contribution in [0.1, 0.15) is 147 Å². The largest absolute Gasteiger partial charge is 0.462 e. The zero-order chi connectivity index (χ0) is 68.2. The van der Waals surface area contributed by atoms with Gasteiger partial charge in [0.15, 0.2) is 15.6 Å². The first-order chi connectivity index (χ1) is 42.4. The molecule has 0 aliphatic carbocycles. The third-order valence-corrected chi connectivity index (χ3v) is 19.7. The van der Waals surface area contributed by atoms with Crippen LogP contribution >= 0.6 is 27.5 Å². The molecule has 5 rings (SSSR count). The fraction of sp³-hybridized carbons (Fsp3) is 0.591. The van der Waals surface area contributed by atoms with Crippen molar-refractivity contribution in [2.24, 2.45) is 23.5 Å². The summed E-state index contributed by atoms with van der Waals surface area (Å²) in [6, 6.07) is 3.97. The van der Waals surface area contributed by atoms with Crippen LogP contribution in [-0.4, -0.2) is 164 Å².